The van der Waals surface area contributed by atoms with Crippen LogP contribution in [0, 0.1) is 11.8 Å². The van der Waals surface area contributed by atoms with Crippen LogP contribution < -0.4 is 21.7 Å². The Balaban J connectivity index is 1.77. The van der Waals surface area contributed by atoms with Crippen molar-refractivity contribution in [3.05, 3.63) is 71.9 Å². The zero-order chi connectivity index (χ0) is 30.8. The van der Waals surface area contributed by atoms with Gasteiger partial charge in [0.15, 0.2) is 0 Å². The van der Waals surface area contributed by atoms with E-state index in [0.29, 0.717) is 0 Å². The van der Waals surface area contributed by atoms with E-state index >= 15 is 0 Å². The fourth-order valence-electron chi connectivity index (χ4n) is 4.91. The SMILES string of the molecule is CC(C)CC(NC(=O)C(CC(C)C)NC(=O)C(Cc1ccccc1)NC(=O)C(N)Cc1c[nH]c2ccccc12)C(=O)O. The summed E-state index contributed by atoms with van der Waals surface area (Å²) < 4.78 is 0. The summed E-state index contributed by atoms with van der Waals surface area (Å²) >= 11 is 0. The summed E-state index contributed by atoms with van der Waals surface area (Å²) in [6.45, 7) is 7.55. The van der Waals surface area contributed by atoms with Crippen LogP contribution in [-0.2, 0) is 32.0 Å². The number of H-pyrrole nitrogens is 1. The van der Waals surface area contributed by atoms with Gasteiger partial charge >= 0.3 is 5.97 Å². The van der Waals surface area contributed by atoms with Crippen LogP contribution in [0.15, 0.2) is 60.8 Å². The molecule has 0 saturated heterocycles. The number of para-hydroxylation sites is 1. The number of aromatic nitrogens is 1. The van der Waals surface area contributed by atoms with Crippen LogP contribution in [0.5, 0.6) is 0 Å². The number of carbonyl (C=O) groups is 4. The quantitative estimate of drug-likeness (QED) is 0.162. The molecule has 2 aromatic carbocycles. The molecule has 3 rings (SSSR count). The predicted octanol–water partition coefficient (Wildman–Crippen LogP) is 2.91. The molecule has 0 bridgehead atoms. The molecule has 0 aliphatic rings. The van der Waals surface area contributed by atoms with Crippen molar-refractivity contribution in [2.24, 2.45) is 17.6 Å². The molecule has 0 fully saturated rings. The maximum Gasteiger partial charge on any atom is 0.326 e. The van der Waals surface area contributed by atoms with Gasteiger partial charge in [-0.15, -0.1) is 0 Å². The van der Waals surface area contributed by atoms with Gasteiger partial charge in [0.05, 0.1) is 6.04 Å². The first kappa shape index (κ1) is 32.3. The predicted molar refractivity (Wildman–Crippen MR) is 162 cm³/mol. The highest BCUT2D eigenvalue weighted by molar-refractivity contribution is 5.94. The van der Waals surface area contributed by atoms with E-state index in [0.717, 1.165) is 22.0 Å². The van der Waals surface area contributed by atoms with E-state index in [9.17, 15) is 24.3 Å². The highest BCUT2D eigenvalue weighted by Gasteiger charge is 2.31. The molecule has 3 amide bonds. The van der Waals surface area contributed by atoms with Crippen LogP contribution in [0.1, 0.15) is 51.7 Å². The van der Waals surface area contributed by atoms with Gasteiger partial charge in [0, 0.05) is 23.5 Å². The average molecular weight is 578 g/mol. The first-order chi connectivity index (χ1) is 19.9. The standard InChI is InChI=1S/C32H43N5O5/c1-19(2)14-26(30(39)37-28(32(41)42)15-20(3)4)36-31(40)27(16-21-10-6-5-7-11-21)35-29(38)24(33)17-22-18-34-25-13-9-8-12-23(22)25/h5-13,18-20,24,26-28,34H,14-17,33H2,1-4H3,(H,35,38)(H,36,40)(H,37,39)(H,41,42). The number of rotatable bonds is 15. The van der Waals surface area contributed by atoms with Crippen LogP contribution in [-0.4, -0.2) is 57.9 Å². The molecule has 4 atom stereocenters. The molecule has 1 aromatic heterocycles. The molecule has 4 unspecified atom stereocenters. The van der Waals surface area contributed by atoms with Gasteiger partial charge in [-0.05, 0) is 48.3 Å². The van der Waals surface area contributed by atoms with Gasteiger partial charge < -0.3 is 31.8 Å². The smallest absolute Gasteiger partial charge is 0.326 e. The summed E-state index contributed by atoms with van der Waals surface area (Å²) in [6, 6.07) is 13.0. The third kappa shape index (κ3) is 9.44. The number of carboxylic acid groups (broad SMARTS) is 1. The number of hydrogen-bond donors (Lipinski definition) is 6. The van der Waals surface area contributed by atoms with Gasteiger partial charge in [-0.2, -0.15) is 0 Å². The first-order valence-electron chi connectivity index (χ1n) is 14.4. The van der Waals surface area contributed by atoms with Gasteiger partial charge in [0.2, 0.25) is 17.7 Å². The zero-order valence-electron chi connectivity index (χ0n) is 24.7. The molecule has 0 aliphatic heterocycles. The largest absolute Gasteiger partial charge is 0.480 e. The van der Waals surface area contributed by atoms with Gasteiger partial charge in [-0.3, -0.25) is 14.4 Å². The molecule has 7 N–H and O–H groups in total. The lowest BCUT2D eigenvalue weighted by atomic mass is 9.99. The maximum atomic E-state index is 13.6. The molecule has 0 saturated carbocycles. The lowest BCUT2D eigenvalue weighted by Gasteiger charge is -2.26. The number of amides is 3. The van der Waals surface area contributed by atoms with E-state index in [4.69, 9.17) is 5.73 Å². The number of fused-ring (bicyclic) bond motifs is 1. The lowest BCUT2D eigenvalue weighted by molar-refractivity contribution is -0.143. The number of nitrogens with one attached hydrogen (secondary N) is 4. The minimum atomic E-state index is -1.13. The van der Waals surface area contributed by atoms with Gasteiger partial charge in [-0.1, -0.05) is 76.2 Å². The number of carbonyl (C=O) groups excluding carboxylic acids is 3. The van der Waals surface area contributed by atoms with E-state index in [1.807, 2.05) is 88.5 Å². The third-order valence-corrected chi connectivity index (χ3v) is 7.03. The Morgan fingerprint density at radius 2 is 1.29 bits per heavy atom. The summed E-state index contributed by atoms with van der Waals surface area (Å²) in [5, 5.41) is 18.7. The Morgan fingerprint density at radius 3 is 1.93 bits per heavy atom. The third-order valence-electron chi connectivity index (χ3n) is 7.03. The molecule has 0 radical (unpaired) electrons. The van der Waals surface area contributed by atoms with Crippen molar-refractivity contribution in [2.45, 2.75) is 77.5 Å². The summed E-state index contributed by atoms with van der Waals surface area (Å²) in [4.78, 5) is 55.0. The Morgan fingerprint density at radius 1 is 0.738 bits per heavy atom. The molecular formula is C32H43N5O5. The number of benzene rings is 2. The van der Waals surface area contributed by atoms with Crippen molar-refractivity contribution in [3.63, 3.8) is 0 Å². The monoisotopic (exact) mass is 577 g/mol. The number of carboxylic acids is 1. The minimum Gasteiger partial charge on any atom is -0.480 e. The molecule has 3 aromatic rings. The van der Waals surface area contributed by atoms with Crippen LogP contribution >= 0.6 is 0 Å². The Kier molecular flexibility index (Phi) is 11.7. The topological polar surface area (TPSA) is 166 Å². The van der Waals surface area contributed by atoms with Crippen molar-refractivity contribution in [3.8, 4) is 0 Å². The summed E-state index contributed by atoms with van der Waals surface area (Å²) in [5.74, 6) is -2.69. The van der Waals surface area contributed by atoms with Crippen molar-refractivity contribution >= 4 is 34.6 Å². The van der Waals surface area contributed by atoms with Crippen molar-refractivity contribution in [2.75, 3.05) is 0 Å². The van der Waals surface area contributed by atoms with Gasteiger partial charge in [-0.25, -0.2) is 4.79 Å². The second-order valence-electron chi connectivity index (χ2n) is 11.6. The molecule has 42 heavy (non-hydrogen) atoms. The van der Waals surface area contributed by atoms with Gasteiger partial charge in [0.1, 0.15) is 18.1 Å². The second-order valence-corrected chi connectivity index (χ2v) is 11.6. The maximum absolute atomic E-state index is 13.6. The number of aromatic amines is 1. The van der Waals surface area contributed by atoms with E-state index in [-0.39, 0.29) is 37.5 Å². The summed E-state index contributed by atoms with van der Waals surface area (Å²) in [5.41, 5.74) is 8.95. The second kappa shape index (κ2) is 15.2. The Hall–Kier alpha value is -4.18. The Bertz CT molecular complexity index is 1350. The van der Waals surface area contributed by atoms with E-state index < -0.39 is 47.9 Å². The Labute approximate surface area is 246 Å². The zero-order valence-corrected chi connectivity index (χ0v) is 24.7. The number of hydrogen-bond acceptors (Lipinski definition) is 5. The molecule has 10 nitrogen and oxygen atoms in total. The average Bonchev–Trinajstić information content (AvgIpc) is 3.34. The van der Waals surface area contributed by atoms with E-state index in [1.54, 1.807) is 0 Å². The first-order valence-corrected chi connectivity index (χ1v) is 14.4. The van der Waals surface area contributed by atoms with Crippen LogP contribution in [0.4, 0.5) is 0 Å². The number of nitrogens with two attached hydrogens (primary N) is 1. The van der Waals surface area contributed by atoms with E-state index in [1.165, 1.54) is 0 Å². The van der Waals surface area contributed by atoms with Crippen molar-refractivity contribution in [1.29, 1.82) is 0 Å². The fourth-order valence-corrected chi connectivity index (χ4v) is 4.91. The van der Waals surface area contributed by atoms with Crippen LogP contribution in [0.2, 0.25) is 0 Å². The highest BCUT2D eigenvalue weighted by atomic mass is 16.4. The van der Waals surface area contributed by atoms with Crippen molar-refractivity contribution < 1.29 is 24.3 Å². The minimum absolute atomic E-state index is 0.0289. The van der Waals surface area contributed by atoms with Crippen molar-refractivity contribution in [1.82, 2.24) is 20.9 Å². The van der Waals surface area contributed by atoms with Crippen LogP contribution in [0.25, 0.3) is 10.9 Å². The molecule has 226 valence electrons. The van der Waals surface area contributed by atoms with Gasteiger partial charge in [0.25, 0.3) is 0 Å². The normalized spacial score (nSPS) is 14.3. The molecule has 1 heterocycles. The fraction of sp³-hybridized carbons (Fsp3) is 0.438. The molecule has 10 heteroatoms. The highest BCUT2D eigenvalue weighted by Crippen LogP contribution is 2.19. The number of aliphatic carboxylic acids is 1. The molecular weight excluding hydrogens is 534 g/mol. The molecule has 0 aliphatic carbocycles. The lowest BCUT2D eigenvalue weighted by Crippen LogP contribution is -2.58. The van der Waals surface area contributed by atoms with Crippen LogP contribution in [0.3, 0.4) is 0 Å². The summed E-state index contributed by atoms with van der Waals surface area (Å²) in [7, 11) is 0. The molecule has 0 spiro atoms. The van der Waals surface area contributed by atoms with E-state index in [2.05, 4.69) is 20.9 Å². The summed E-state index contributed by atoms with van der Waals surface area (Å²) in [6.07, 6.45) is 2.81.